The molecule has 6 heteroatoms. The van der Waals surface area contributed by atoms with Gasteiger partial charge in [0.25, 0.3) is 0 Å². The van der Waals surface area contributed by atoms with Gasteiger partial charge in [0.15, 0.2) is 0 Å². The minimum atomic E-state index is -0.297. The summed E-state index contributed by atoms with van der Waals surface area (Å²) in [6.07, 6.45) is 1.45. The Morgan fingerprint density at radius 1 is 1.18 bits per heavy atom. The molecule has 0 radical (unpaired) electrons. The number of hydrogen-bond donors (Lipinski definition) is 2. The summed E-state index contributed by atoms with van der Waals surface area (Å²) in [6, 6.07) is 6.43. The highest BCUT2D eigenvalue weighted by Crippen LogP contribution is 2.22. The van der Waals surface area contributed by atoms with Crippen molar-refractivity contribution in [2.24, 2.45) is 0 Å². The van der Waals surface area contributed by atoms with E-state index in [1.54, 1.807) is 25.2 Å². The van der Waals surface area contributed by atoms with Crippen LogP contribution in [0, 0.1) is 5.82 Å². The van der Waals surface area contributed by atoms with Crippen LogP contribution in [-0.2, 0) is 0 Å². The number of anilines is 3. The van der Waals surface area contributed by atoms with E-state index in [1.165, 1.54) is 12.4 Å². The van der Waals surface area contributed by atoms with Crippen molar-refractivity contribution >= 4 is 33.3 Å². The van der Waals surface area contributed by atoms with Crippen molar-refractivity contribution in [1.29, 1.82) is 0 Å². The van der Waals surface area contributed by atoms with Gasteiger partial charge in [0.05, 0.1) is 4.47 Å². The van der Waals surface area contributed by atoms with Gasteiger partial charge in [-0.25, -0.2) is 14.4 Å². The van der Waals surface area contributed by atoms with E-state index in [-0.39, 0.29) is 5.82 Å². The summed E-state index contributed by atoms with van der Waals surface area (Å²) in [7, 11) is 1.78. The van der Waals surface area contributed by atoms with Gasteiger partial charge in [-0.3, -0.25) is 0 Å². The first-order chi connectivity index (χ1) is 8.19. The Morgan fingerprint density at radius 3 is 2.65 bits per heavy atom. The molecule has 0 unspecified atom stereocenters. The first kappa shape index (κ1) is 11.8. The number of halogens is 2. The molecule has 2 rings (SSSR count). The van der Waals surface area contributed by atoms with Crippen LogP contribution in [0.2, 0.25) is 0 Å². The Labute approximate surface area is 106 Å². The van der Waals surface area contributed by atoms with Gasteiger partial charge in [0.2, 0.25) is 0 Å². The lowest BCUT2D eigenvalue weighted by molar-refractivity contribution is 0.621. The first-order valence-corrected chi connectivity index (χ1v) is 5.70. The van der Waals surface area contributed by atoms with Gasteiger partial charge in [-0.05, 0) is 34.1 Å². The Bertz CT molecular complexity index is 533. The summed E-state index contributed by atoms with van der Waals surface area (Å²) in [5.74, 6) is 1.06. The maximum absolute atomic E-state index is 13.0. The fourth-order valence-electron chi connectivity index (χ4n) is 1.28. The second kappa shape index (κ2) is 5.09. The van der Waals surface area contributed by atoms with Crippen LogP contribution in [0.3, 0.4) is 0 Å². The van der Waals surface area contributed by atoms with Gasteiger partial charge < -0.3 is 10.6 Å². The molecule has 0 aliphatic carbocycles. The molecule has 1 aromatic heterocycles. The predicted octanol–water partition coefficient (Wildman–Crippen LogP) is 3.16. The van der Waals surface area contributed by atoms with Crippen molar-refractivity contribution in [3.63, 3.8) is 0 Å². The Morgan fingerprint density at radius 2 is 1.94 bits per heavy atom. The van der Waals surface area contributed by atoms with Gasteiger partial charge in [0, 0.05) is 18.8 Å². The minimum absolute atomic E-state index is 0.297. The van der Waals surface area contributed by atoms with Crippen molar-refractivity contribution in [3.8, 4) is 0 Å². The summed E-state index contributed by atoms with van der Waals surface area (Å²) in [5.41, 5.74) is 0.749. The first-order valence-electron chi connectivity index (χ1n) is 4.91. The summed E-state index contributed by atoms with van der Waals surface area (Å²) < 4.78 is 13.5. The van der Waals surface area contributed by atoms with Gasteiger partial charge in [0.1, 0.15) is 23.8 Å². The zero-order valence-electron chi connectivity index (χ0n) is 9.04. The van der Waals surface area contributed by atoms with Crippen LogP contribution < -0.4 is 10.6 Å². The quantitative estimate of drug-likeness (QED) is 0.913. The standard InChI is InChI=1S/C11H10BrFN4/c1-14-10-5-11(16-6-15-10)17-7-2-3-9(13)8(12)4-7/h2-6H,1H3,(H2,14,15,16,17). The highest BCUT2D eigenvalue weighted by atomic mass is 79.9. The van der Waals surface area contributed by atoms with E-state index in [4.69, 9.17) is 0 Å². The van der Waals surface area contributed by atoms with Crippen molar-refractivity contribution < 1.29 is 4.39 Å². The lowest BCUT2D eigenvalue weighted by Crippen LogP contribution is -1.98. The Kier molecular flexibility index (Phi) is 3.53. The van der Waals surface area contributed by atoms with Crippen LogP contribution in [0.4, 0.5) is 21.7 Å². The number of benzene rings is 1. The average Bonchev–Trinajstić information content (AvgIpc) is 2.34. The smallest absolute Gasteiger partial charge is 0.137 e. The third-order valence-electron chi connectivity index (χ3n) is 2.12. The zero-order chi connectivity index (χ0) is 12.3. The minimum Gasteiger partial charge on any atom is -0.373 e. The molecule has 1 aromatic carbocycles. The monoisotopic (exact) mass is 296 g/mol. The van der Waals surface area contributed by atoms with E-state index in [1.807, 2.05) is 0 Å². The molecule has 0 aliphatic heterocycles. The molecule has 0 spiro atoms. The lowest BCUT2D eigenvalue weighted by Gasteiger charge is -2.07. The molecular weight excluding hydrogens is 287 g/mol. The molecular formula is C11H10BrFN4. The van der Waals surface area contributed by atoms with Crippen LogP contribution in [0.25, 0.3) is 0 Å². The molecule has 0 fully saturated rings. The molecule has 0 saturated carbocycles. The fourth-order valence-corrected chi connectivity index (χ4v) is 1.66. The van der Waals surface area contributed by atoms with Crippen LogP contribution in [0.1, 0.15) is 0 Å². The van der Waals surface area contributed by atoms with Crippen molar-refractivity contribution in [3.05, 3.63) is 40.9 Å². The predicted molar refractivity (Wildman–Crippen MR) is 69.0 cm³/mol. The highest BCUT2D eigenvalue weighted by molar-refractivity contribution is 9.10. The molecule has 0 bridgehead atoms. The van der Waals surface area contributed by atoms with Gasteiger partial charge in [-0.15, -0.1) is 0 Å². The van der Waals surface area contributed by atoms with E-state index in [9.17, 15) is 4.39 Å². The number of rotatable bonds is 3. The van der Waals surface area contributed by atoms with Crippen LogP contribution in [-0.4, -0.2) is 17.0 Å². The van der Waals surface area contributed by atoms with Crippen molar-refractivity contribution in [1.82, 2.24) is 9.97 Å². The zero-order valence-corrected chi connectivity index (χ0v) is 10.6. The third-order valence-corrected chi connectivity index (χ3v) is 2.72. The molecule has 1 heterocycles. The van der Waals surface area contributed by atoms with Gasteiger partial charge >= 0.3 is 0 Å². The lowest BCUT2D eigenvalue weighted by atomic mass is 10.3. The molecule has 0 amide bonds. The van der Waals surface area contributed by atoms with E-state index >= 15 is 0 Å². The number of nitrogens with one attached hydrogen (secondary N) is 2. The average molecular weight is 297 g/mol. The largest absolute Gasteiger partial charge is 0.373 e. The fraction of sp³-hybridized carbons (Fsp3) is 0.0909. The molecule has 0 aliphatic rings. The topological polar surface area (TPSA) is 49.8 Å². The van der Waals surface area contributed by atoms with E-state index in [0.717, 1.165) is 5.69 Å². The molecule has 2 N–H and O–H groups in total. The molecule has 88 valence electrons. The summed E-state index contributed by atoms with van der Waals surface area (Å²) in [6.45, 7) is 0. The Balaban J connectivity index is 2.22. The number of hydrogen-bond acceptors (Lipinski definition) is 4. The van der Waals surface area contributed by atoms with E-state index < -0.39 is 0 Å². The maximum Gasteiger partial charge on any atom is 0.137 e. The third kappa shape index (κ3) is 2.91. The maximum atomic E-state index is 13.0. The summed E-state index contributed by atoms with van der Waals surface area (Å²) in [5, 5.41) is 5.97. The van der Waals surface area contributed by atoms with E-state index in [0.29, 0.717) is 16.1 Å². The normalized spacial score (nSPS) is 10.1. The SMILES string of the molecule is CNc1cc(Nc2ccc(F)c(Br)c2)ncn1. The highest BCUT2D eigenvalue weighted by Gasteiger charge is 2.02. The van der Waals surface area contributed by atoms with Gasteiger partial charge in [-0.2, -0.15) is 0 Å². The molecule has 4 nitrogen and oxygen atoms in total. The van der Waals surface area contributed by atoms with E-state index in [2.05, 4.69) is 36.5 Å². The van der Waals surface area contributed by atoms with Crippen molar-refractivity contribution in [2.45, 2.75) is 0 Å². The molecule has 0 saturated heterocycles. The number of nitrogens with zero attached hydrogens (tertiary/aromatic N) is 2. The van der Waals surface area contributed by atoms with Crippen LogP contribution in [0.5, 0.6) is 0 Å². The summed E-state index contributed by atoms with van der Waals surface area (Å²) >= 11 is 3.13. The van der Waals surface area contributed by atoms with Crippen molar-refractivity contribution in [2.75, 3.05) is 17.7 Å². The van der Waals surface area contributed by atoms with Crippen LogP contribution in [0.15, 0.2) is 35.1 Å². The molecule has 0 atom stereocenters. The number of aromatic nitrogens is 2. The second-order valence-electron chi connectivity index (χ2n) is 3.29. The summed E-state index contributed by atoms with van der Waals surface area (Å²) in [4.78, 5) is 8.06. The second-order valence-corrected chi connectivity index (χ2v) is 4.15. The van der Waals surface area contributed by atoms with Crippen LogP contribution >= 0.6 is 15.9 Å². The Hall–Kier alpha value is -1.69. The molecule has 2 aromatic rings. The molecule has 17 heavy (non-hydrogen) atoms. The van der Waals surface area contributed by atoms with Gasteiger partial charge in [-0.1, -0.05) is 0 Å².